The quantitative estimate of drug-likeness (QED) is 0.720. The molecule has 1 heterocycles. The molecule has 0 aliphatic rings. The lowest BCUT2D eigenvalue weighted by atomic mass is 10.2. The number of nitrogens with zero attached hydrogens (tertiary/aromatic N) is 1. The Morgan fingerprint density at radius 2 is 2.19 bits per heavy atom. The van der Waals surface area contributed by atoms with Gasteiger partial charge in [0.15, 0.2) is 0 Å². The van der Waals surface area contributed by atoms with E-state index in [0.717, 1.165) is 37.6 Å². The van der Waals surface area contributed by atoms with Gasteiger partial charge in [-0.1, -0.05) is 20.8 Å². The molecule has 0 radical (unpaired) electrons. The Hall–Kier alpha value is -1.09. The molecular weight excluding hydrogens is 200 g/mol. The Bertz CT molecular complexity index is 282. The van der Waals surface area contributed by atoms with Crippen LogP contribution in [0.25, 0.3) is 0 Å². The second-order valence-corrected chi connectivity index (χ2v) is 4.37. The van der Waals surface area contributed by atoms with Crippen LogP contribution in [0.5, 0.6) is 5.75 Å². The van der Waals surface area contributed by atoms with Crippen LogP contribution < -0.4 is 10.1 Å². The first-order valence-corrected chi connectivity index (χ1v) is 6.00. The zero-order chi connectivity index (χ0) is 11.8. The molecule has 0 spiro atoms. The second kappa shape index (κ2) is 7.23. The molecule has 0 saturated heterocycles. The first kappa shape index (κ1) is 13.0. The third-order valence-electron chi connectivity index (χ3n) is 2.11. The average molecular weight is 222 g/mol. The highest BCUT2D eigenvalue weighted by Crippen LogP contribution is 2.10. The minimum atomic E-state index is 0.547. The van der Waals surface area contributed by atoms with Gasteiger partial charge in [-0.25, -0.2) is 0 Å². The molecule has 0 aliphatic heterocycles. The van der Waals surface area contributed by atoms with Crippen LogP contribution in [0.4, 0.5) is 0 Å². The van der Waals surface area contributed by atoms with Gasteiger partial charge in [0, 0.05) is 6.54 Å². The van der Waals surface area contributed by atoms with E-state index in [-0.39, 0.29) is 0 Å². The Morgan fingerprint density at radius 3 is 2.75 bits per heavy atom. The minimum absolute atomic E-state index is 0.547. The fourth-order valence-electron chi connectivity index (χ4n) is 1.26. The largest absolute Gasteiger partial charge is 0.492 e. The summed E-state index contributed by atoms with van der Waals surface area (Å²) in [6, 6.07) is 4.00. The zero-order valence-corrected chi connectivity index (χ0v) is 10.5. The minimum Gasteiger partial charge on any atom is -0.492 e. The molecule has 1 aromatic heterocycles. The van der Waals surface area contributed by atoms with E-state index in [2.05, 4.69) is 31.1 Å². The normalized spacial score (nSPS) is 10.8. The molecule has 0 unspecified atom stereocenters. The molecule has 1 rings (SSSR count). The van der Waals surface area contributed by atoms with Crippen molar-refractivity contribution < 1.29 is 4.74 Å². The summed E-state index contributed by atoms with van der Waals surface area (Å²) in [5.74, 6) is 1.40. The van der Waals surface area contributed by atoms with Crippen molar-refractivity contribution in [3.63, 3.8) is 0 Å². The third-order valence-corrected chi connectivity index (χ3v) is 2.11. The Labute approximate surface area is 98.2 Å². The number of hydrogen-bond donors (Lipinski definition) is 1. The summed E-state index contributed by atoms with van der Waals surface area (Å²) in [7, 11) is 0. The highest BCUT2D eigenvalue weighted by molar-refractivity contribution is 5.19. The highest BCUT2D eigenvalue weighted by atomic mass is 16.5. The van der Waals surface area contributed by atoms with Crippen molar-refractivity contribution in [2.45, 2.75) is 33.7 Å². The van der Waals surface area contributed by atoms with Gasteiger partial charge in [0.2, 0.25) is 0 Å². The molecule has 0 amide bonds. The van der Waals surface area contributed by atoms with Crippen molar-refractivity contribution in [1.82, 2.24) is 10.3 Å². The molecule has 0 aliphatic carbocycles. The Morgan fingerprint density at radius 1 is 1.38 bits per heavy atom. The van der Waals surface area contributed by atoms with Crippen LogP contribution in [0.15, 0.2) is 18.3 Å². The molecule has 0 atom stereocenters. The molecule has 0 aromatic carbocycles. The predicted molar refractivity (Wildman–Crippen MR) is 66.6 cm³/mol. The lowest BCUT2D eigenvalue weighted by Crippen LogP contribution is -2.14. The van der Waals surface area contributed by atoms with Crippen molar-refractivity contribution in [3.8, 4) is 5.75 Å². The summed E-state index contributed by atoms with van der Waals surface area (Å²) in [5, 5.41) is 3.32. The van der Waals surface area contributed by atoms with Crippen LogP contribution >= 0.6 is 0 Å². The molecule has 0 fully saturated rings. The van der Waals surface area contributed by atoms with Crippen LogP contribution in [0.2, 0.25) is 0 Å². The van der Waals surface area contributed by atoms with Crippen molar-refractivity contribution in [3.05, 3.63) is 24.0 Å². The smallest absolute Gasteiger partial charge is 0.137 e. The van der Waals surface area contributed by atoms with Crippen molar-refractivity contribution in [2.24, 2.45) is 5.92 Å². The lowest BCUT2D eigenvalue weighted by molar-refractivity contribution is 0.270. The number of ether oxygens (including phenoxy) is 1. The maximum atomic E-state index is 5.57. The van der Waals surface area contributed by atoms with E-state index in [1.165, 1.54) is 0 Å². The zero-order valence-electron chi connectivity index (χ0n) is 10.5. The molecule has 3 heteroatoms. The monoisotopic (exact) mass is 222 g/mol. The van der Waals surface area contributed by atoms with Gasteiger partial charge < -0.3 is 10.1 Å². The topological polar surface area (TPSA) is 34.1 Å². The third kappa shape index (κ3) is 5.12. The van der Waals surface area contributed by atoms with Gasteiger partial charge in [0.1, 0.15) is 5.75 Å². The molecule has 1 aromatic rings. The second-order valence-electron chi connectivity index (χ2n) is 4.37. The van der Waals surface area contributed by atoms with E-state index >= 15 is 0 Å². The fraction of sp³-hybridized carbons (Fsp3) is 0.615. The van der Waals surface area contributed by atoms with Gasteiger partial charge in [-0.15, -0.1) is 0 Å². The van der Waals surface area contributed by atoms with E-state index in [0.29, 0.717) is 5.92 Å². The van der Waals surface area contributed by atoms with Crippen molar-refractivity contribution >= 4 is 0 Å². The van der Waals surface area contributed by atoms with E-state index in [1.54, 1.807) is 6.20 Å². The average Bonchev–Trinajstić information content (AvgIpc) is 2.28. The van der Waals surface area contributed by atoms with Crippen molar-refractivity contribution in [1.29, 1.82) is 0 Å². The molecular formula is C13H22N2O. The maximum Gasteiger partial charge on any atom is 0.137 e. The summed E-state index contributed by atoms with van der Waals surface area (Å²) in [5.41, 5.74) is 1.06. The highest BCUT2D eigenvalue weighted by Gasteiger charge is 1.98. The first-order valence-electron chi connectivity index (χ1n) is 6.00. The van der Waals surface area contributed by atoms with Crippen LogP contribution in [0, 0.1) is 5.92 Å². The number of rotatable bonds is 7. The number of hydrogen-bond acceptors (Lipinski definition) is 3. The summed E-state index contributed by atoms with van der Waals surface area (Å²) in [4.78, 5) is 4.34. The fourth-order valence-corrected chi connectivity index (χ4v) is 1.26. The van der Waals surface area contributed by atoms with E-state index < -0.39 is 0 Å². The molecule has 90 valence electrons. The van der Waals surface area contributed by atoms with Crippen LogP contribution in [0.1, 0.15) is 32.9 Å². The molecule has 0 bridgehead atoms. The standard InChI is InChI=1S/C13H22N2O/c1-4-7-14-8-12-5-6-13(9-15-12)16-10-11(2)3/h5-6,9,11,14H,4,7-8,10H2,1-3H3. The van der Waals surface area contributed by atoms with Gasteiger partial charge in [0.25, 0.3) is 0 Å². The SMILES string of the molecule is CCCNCc1ccc(OCC(C)C)cn1. The summed E-state index contributed by atoms with van der Waals surface area (Å²) in [6.45, 7) is 9.04. The van der Waals surface area contributed by atoms with E-state index in [9.17, 15) is 0 Å². The van der Waals surface area contributed by atoms with E-state index in [4.69, 9.17) is 4.74 Å². The van der Waals surface area contributed by atoms with E-state index in [1.807, 2.05) is 12.1 Å². The van der Waals surface area contributed by atoms with Crippen molar-refractivity contribution in [2.75, 3.05) is 13.2 Å². The van der Waals surface area contributed by atoms with Gasteiger partial charge in [-0.05, 0) is 31.0 Å². The lowest BCUT2D eigenvalue weighted by Gasteiger charge is -2.08. The Balaban J connectivity index is 2.35. The van der Waals surface area contributed by atoms with Gasteiger partial charge in [-0.2, -0.15) is 0 Å². The Kier molecular flexibility index (Phi) is 5.86. The first-order chi connectivity index (χ1) is 7.72. The molecule has 16 heavy (non-hydrogen) atoms. The number of aromatic nitrogens is 1. The number of nitrogens with one attached hydrogen (secondary N) is 1. The summed E-state index contributed by atoms with van der Waals surface area (Å²) >= 11 is 0. The van der Waals surface area contributed by atoms with Crippen LogP contribution in [-0.2, 0) is 6.54 Å². The predicted octanol–water partition coefficient (Wildman–Crippen LogP) is 2.62. The van der Waals surface area contributed by atoms with Gasteiger partial charge in [-0.3, -0.25) is 4.98 Å². The molecule has 1 N–H and O–H groups in total. The van der Waals surface area contributed by atoms with Gasteiger partial charge >= 0.3 is 0 Å². The van der Waals surface area contributed by atoms with Crippen LogP contribution in [0.3, 0.4) is 0 Å². The summed E-state index contributed by atoms with van der Waals surface area (Å²) < 4.78 is 5.57. The van der Waals surface area contributed by atoms with Gasteiger partial charge in [0.05, 0.1) is 18.5 Å². The number of pyridine rings is 1. The molecule has 3 nitrogen and oxygen atoms in total. The maximum absolute atomic E-state index is 5.57. The van der Waals surface area contributed by atoms with Crippen LogP contribution in [-0.4, -0.2) is 18.1 Å². The summed E-state index contributed by atoms with van der Waals surface area (Å²) in [6.07, 6.45) is 2.95. The molecule has 0 saturated carbocycles.